The lowest BCUT2D eigenvalue weighted by molar-refractivity contribution is 0.0649. The smallest absolute Gasteiger partial charge is 0.293 e. The summed E-state index contributed by atoms with van der Waals surface area (Å²) in [6.45, 7) is 2.37. The molecule has 5 heteroatoms. The van der Waals surface area contributed by atoms with Crippen molar-refractivity contribution < 1.29 is 14.1 Å². The Balaban J connectivity index is 1.57. The standard InChI is InChI=1S/C19H20N2O3/c1-2-23-18-12-17(24-20-18)19(22)21-15-8-9-16(21)11-14(10-15)13-6-4-3-5-7-13/h3-7,10,12,15-16H,2,8-9,11H2,1H3/t15-,16-/m1/s1. The molecule has 0 N–H and O–H groups in total. The van der Waals surface area contributed by atoms with Crippen LogP contribution < -0.4 is 4.74 Å². The molecule has 0 saturated carbocycles. The zero-order valence-corrected chi connectivity index (χ0v) is 13.6. The van der Waals surface area contributed by atoms with Crippen LogP contribution in [0.3, 0.4) is 0 Å². The number of nitrogens with zero attached hydrogens (tertiary/aromatic N) is 2. The first kappa shape index (κ1) is 15.0. The minimum absolute atomic E-state index is 0.0932. The number of ether oxygens (including phenoxy) is 1. The molecule has 0 spiro atoms. The van der Waals surface area contributed by atoms with Crippen LogP contribution in [0.5, 0.6) is 5.88 Å². The number of aromatic nitrogens is 1. The molecule has 1 aromatic heterocycles. The van der Waals surface area contributed by atoms with Crippen molar-refractivity contribution in [1.82, 2.24) is 10.1 Å². The second-order valence-corrected chi connectivity index (χ2v) is 6.24. The average Bonchev–Trinajstić information content (AvgIpc) is 3.18. The number of rotatable bonds is 4. The van der Waals surface area contributed by atoms with Crippen molar-refractivity contribution in [3.05, 3.63) is 53.8 Å². The van der Waals surface area contributed by atoms with E-state index in [4.69, 9.17) is 9.26 Å². The lowest BCUT2D eigenvalue weighted by Gasteiger charge is -2.33. The first-order valence-corrected chi connectivity index (χ1v) is 8.44. The van der Waals surface area contributed by atoms with E-state index in [2.05, 4.69) is 35.5 Å². The monoisotopic (exact) mass is 324 g/mol. The number of amides is 1. The van der Waals surface area contributed by atoms with Gasteiger partial charge in [0.2, 0.25) is 5.76 Å². The van der Waals surface area contributed by atoms with Crippen LogP contribution in [0.25, 0.3) is 5.57 Å². The molecule has 1 fully saturated rings. The first-order chi connectivity index (χ1) is 11.8. The largest absolute Gasteiger partial charge is 0.476 e. The van der Waals surface area contributed by atoms with Gasteiger partial charge in [-0.05, 0) is 42.5 Å². The quantitative estimate of drug-likeness (QED) is 0.863. The van der Waals surface area contributed by atoms with Gasteiger partial charge in [-0.2, -0.15) is 0 Å². The van der Waals surface area contributed by atoms with Gasteiger partial charge in [-0.15, -0.1) is 0 Å². The Morgan fingerprint density at radius 1 is 1.33 bits per heavy atom. The molecular weight excluding hydrogens is 304 g/mol. The third-order valence-corrected chi connectivity index (χ3v) is 4.77. The van der Waals surface area contributed by atoms with Gasteiger partial charge in [-0.3, -0.25) is 4.79 Å². The Morgan fingerprint density at radius 2 is 2.17 bits per heavy atom. The van der Waals surface area contributed by atoms with Crippen LogP contribution in [-0.2, 0) is 0 Å². The maximum absolute atomic E-state index is 12.8. The summed E-state index contributed by atoms with van der Waals surface area (Å²) in [6.07, 6.45) is 5.14. The Hall–Kier alpha value is -2.56. The van der Waals surface area contributed by atoms with E-state index in [9.17, 15) is 4.79 Å². The molecule has 0 aliphatic carbocycles. The summed E-state index contributed by atoms with van der Waals surface area (Å²) >= 11 is 0. The molecule has 1 saturated heterocycles. The zero-order chi connectivity index (χ0) is 16.5. The Morgan fingerprint density at radius 3 is 2.92 bits per heavy atom. The summed E-state index contributed by atoms with van der Waals surface area (Å²) in [6, 6.07) is 12.3. The number of fused-ring (bicyclic) bond motifs is 2. The van der Waals surface area contributed by atoms with Gasteiger partial charge in [0, 0.05) is 6.04 Å². The normalized spacial score (nSPS) is 22.4. The van der Waals surface area contributed by atoms with E-state index in [0.717, 1.165) is 19.3 Å². The van der Waals surface area contributed by atoms with Gasteiger partial charge in [0.05, 0.1) is 18.7 Å². The highest BCUT2D eigenvalue weighted by Gasteiger charge is 2.41. The maximum atomic E-state index is 12.8. The van der Waals surface area contributed by atoms with Crippen LogP contribution in [0, 0.1) is 0 Å². The lowest BCUT2D eigenvalue weighted by Crippen LogP contribution is -2.42. The molecule has 2 aliphatic rings. The SMILES string of the molecule is CCOc1cc(C(=O)N2[C@@H]3CC[C@@H]2C=C(c2ccccc2)C3)on1. The molecule has 1 aromatic carbocycles. The molecule has 2 bridgehead atoms. The summed E-state index contributed by atoms with van der Waals surface area (Å²) in [7, 11) is 0. The average molecular weight is 324 g/mol. The molecule has 24 heavy (non-hydrogen) atoms. The van der Waals surface area contributed by atoms with Crippen molar-refractivity contribution in [1.29, 1.82) is 0 Å². The van der Waals surface area contributed by atoms with E-state index < -0.39 is 0 Å². The van der Waals surface area contributed by atoms with E-state index >= 15 is 0 Å². The maximum Gasteiger partial charge on any atom is 0.293 e. The van der Waals surface area contributed by atoms with E-state index in [1.807, 2.05) is 17.9 Å². The number of hydrogen-bond acceptors (Lipinski definition) is 4. The van der Waals surface area contributed by atoms with Crippen molar-refractivity contribution in [2.45, 2.75) is 38.3 Å². The highest BCUT2D eigenvalue weighted by atomic mass is 16.5. The van der Waals surface area contributed by atoms with E-state index in [1.165, 1.54) is 11.1 Å². The molecule has 2 aromatic rings. The highest BCUT2D eigenvalue weighted by Crippen LogP contribution is 2.39. The fourth-order valence-corrected chi connectivity index (χ4v) is 3.72. The van der Waals surface area contributed by atoms with Gasteiger partial charge >= 0.3 is 0 Å². The first-order valence-electron chi connectivity index (χ1n) is 8.44. The van der Waals surface area contributed by atoms with Crippen LogP contribution in [0.1, 0.15) is 42.3 Å². The topological polar surface area (TPSA) is 55.6 Å². The van der Waals surface area contributed by atoms with Gasteiger partial charge in [0.1, 0.15) is 0 Å². The molecule has 5 nitrogen and oxygen atoms in total. The highest BCUT2D eigenvalue weighted by molar-refractivity contribution is 5.93. The molecule has 2 aliphatic heterocycles. The van der Waals surface area contributed by atoms with Crippen molar-refractivity contribution >= 4 is 11.5 Å². The van der Waals surface area contributed by atoms with E-state index in [-0.39, 0.29) is 23.8 Å². The van der Waals surface area contributed by atoms with Gasteiger partial charge in [0.15, 0.2) is 0 Å². The summed E-state index contributed by atoms with van der Waals surface area (Å²) in [4.78, 5) is 14.8. The summed E-state index contributed by atoms with van der Waals surface area (Å²) < 4.78 is 10.5. The Bertz CT molecular complexity index is 766. The molecule has 4 rings (SSSR count). The van der Waals surface area contributed by atoms with Crippen LogP contribution in [0.2, 0.25) is 0 Å². The Kier molecular flexibility index (Phi) is 3.84. The summed E-state index contributed by atoms with van der Waals surface area (Å²) in [5.74, 6) is 0.530. The minimum Gasteiger partial charge on any atom is -0.476 e. The van der Waals surface area contributed by atoms with Crippen LogP contribution in [0.15, 0.2) is 47.0 Å². The molecule has 3 heterocycles. The lowest BCUT2D eigenvalue weighted by atomic mass is 9.94. The second kappa shape index (κ2) is 6.15. The molecular formula is C19H20N2O3. The third kappa shape index (κ3) is 2.60. The second-order valence-electron chi connectivity index (χ2n) is 6.24. The van der Waals surface area contributed by atoms with Crippen molar-refractivity contribution in [2.75, 3.05) is 6.61 Å². The van der Waals surface area contributed by atoms with Crippen molar-refractivity contribution in [3.8, 4) is 5.88 Å². The minimum atomic E-state index is -0.0932. The predicted molar refractivity (Wildman–Crippen MR) is 89.7 cm³/mol. The molecule has 0 radical (unpaired) electrons. The number of hydrogen-bond donors (Lipinski definition) is 0. The number of carbonyl (C=O) groups excluding carboxylic acids is 1. The predicted octanol–water partition coefficient (Wildman–Crippen LogP) is 3.53. The van der Waals surface area contributed by atoms with Gasteiger partial charge < -0.3 is 14.2 Å². The third-order valence-electron chi connectivity index (χ3n) is 4.77. The Labute approximate surface area is 140 Å². The molecule has 1 amide bonds. The fourth-order valence-electron chi connectivity index (χ4n) is 3.72. The molecule has 0 unspecified atom stereocenters. The van der Waals surface area contributed by atoms with Crippen LogP contribution in [0.4, 0.5) is 0 Å². The van der Waals surface area contributed by atoms with Crippen molar-refractivity contribution in [3.63, 3.8) is 0 Å². The number of benzene rings is 1. The fraction of sp³-hybridized carbons (Fsp3) is 0.368. The van der Waals surface area contributed by atoms with Crippen LogP contribution >= 0.6 is 0 Å². The van der Waals surface area contributed by atoms with E-state index in [0.29, 0.717) is 12.5 Å². The van der Waals surface area contributed by atoms with Gasteiger partial charge in [-0.1, -0.05) is 36.4 Å². The van der Waals surface area contributed by atoms with Crippen LogP contribution in [-0.4, -0.2) is 34.7 Å². The number of carbonyl (C=O) groups is 1. The molecule has 124 valence electrons. The summed E-state index contributed by atoms with van der Waals surface area (Å²) in [5.41, 5.74) is 2.58. The van der Waals surface area contributed by atoms with E-state index in [1.54, 1.807) is 6.07 Å². The van der Waals surface area contributed by atoms with Gasteiger partial charge in [0.25, 0.3) is 11.8 Å². The summed E-state index contributed by atoms with van der Waals surface area (Å²) in [5, 5.41) is 3.79. The van der Waals surface area contributed by atoms with Crippen molar-refractivity contribution in [2.24, 2.45) is 0 Å². The van der Waals surface area contributed by atoms with Gasteiger partial charge in [-0.25, -0.2) is 0 Å². The molecule has 2 atom stereocenters. The zero-order valence-electron chi connectivity index (χ0n) is 13.6.